The lowest BCUT2D eigenvalue weighted by Crippen LogP contribution is -2.50. The number of hydrogen-bond donors (Lipinski definition) is 0. The number of nitrogens with zero attached hydrogens (tertiary/aromatic N) is 3. The van der Waals surface area contributed by atoms with Crippen molar-refractivity contribution in [3.63, 3.8) is 0 Å². The lowest BCUT2D eigenvalue weighted by atomic mass is 10.1. The van der Waals surface area contributed by atoms with Crippen LogP contribution in [0.2, 0.25) is 5.15 Å². The molecule has 0 aliphatic heterocycles. The van der Waals surface area contributed by atoms with Crippen LogP contribution >= 0.6 is 11.6 Å². The minimum atomic E-state index is -0.582. The van der Waals surface area contributed by atoms with Crippen LogP contribution in [0.15, 0.2) is 48.7 Å². The highest BCUT2D eigenvalue weighted by Gasteiger charge is 2.51. The van der Waals surface area contributed by atoms with Crippen molar-refractivity contribution in [2.45, 2.75) is 44.8 Å². The molecule has 1 aliphatic carbocycles. The molecule has 1 aromatic carbocycles. The number of rotatable bonds is 5. The van der Waals surface area contributed by atoms with Crippen molar-refractivity contribution in [3.05, 3.63) is 59.4 Å². The van der Waals surface area contributed by atoms with E-state index < -0.39 is 17.2 Å². The average molecular weight is 416 g/mol. The molecule has 1 heterocycles. The molecular weight excluding hydrogens is 390 g/mol. The van der Waals surface area contributed by atoms with E-state index in [2.05, 4.69) is 4.98 Å². The van der Waals surface area contributed by atoms with Crippen LogP contribution in [0.4, 0.5) is 10.5 Å². The predicted octanol–water partition coefficient (Wildman–Crippen LogP) is 4.78. The highest BCUT2D eigenvalue weighted by Crippen LogP contribution is 2.43. The van der Waals surface area contributed by atoms with Gasteiger partial charge < -0.3 is 14.5 Å². The van der Waals surface area contributed by atoms with Gasteiger partial charge in [0.15, 0.2) is 0 Å². The first-order valence-corrected chi connectivity index (χ1v) is 9.94. The van der Waals surface area contributed by atoms with E-state index >= 15 is 0 Å². The summed E-state index contributed by atoms with van der Waals surface area (Å²) in [6.07, 6.45) is 2.77. The van der Waals surface area contributed by atoms with E-state index in [0.717, 1.165) is 12.8 Å². The van der Waals surface area contributed by atoms with Gasteiger partial charge in [-0.3, -0.25) is 4.79 Å². The molecule has 0 radical (unpaired) electrons. The van der Waals surface area contributed by atoms with Crippen LogP contribution in [0, 0.1) is 0 Å². The van der Waals surface area contributed by atoms with Gasteiger partial charge in [0, 0.05) is 19.2 Å². The molecule has 1 fully saturated rings. The highest BCUT2D eigenvalue weighted by molar-refractivity contribution is 6.29. The lowest BCUT2D eigenvalue weighted by molar-refractivity contribution is 0.0199. The number of carbonyl (C=O) groups excluding carboxylic acids is 2. The molecule has 154 valence electrons. The number of carbonyl (C=O) groups is 2. The first kappa shape index (κ1) is 21.1. The second-order valence-electron chi connectivity index (χ2n) is 8.36. The summed E-state index contributed by atoms with van der Waals surface area (Å²) in [6.45, 7) is 5.86. The summed E-state index contributed by atoms with van der Waals surface area (Å²) in [5, 5.41) is 0.355. The summed E-state index contributed by atoms with van der Waals surface area (Å²) < 4.78 is 5.53. The Kier molecular flexibility index (Phi) is 5.85. The fraction of sp³-hybridized carbons (Fsp3) is 0.409. The van der Waals surface area contributed by atoms with E-state index in [1.54, 1.807) is 47.3 Å². The standard InChI is InChI=1S/C22H26ClN3O3/c1-21(2,3)29-20(28)25(4)22(12-13-22)15-26(17-10-11-18(23)24-14-17)19(27)16-8-6-5-7-9-16/h5-11,14H,12-13,15H2,1-4H3. The number of ether oxygens (including phenoxy) is 1. The fourth-order valence-corrected chi connectivity index (χ4v) is 3.22. The maximum Gasteiger partial charge on any atom is 0.410 e. The predicted molar refractivity (Wildman–Crippen MR) is 113 cm³/mol. The lowest BCUT2D eigenvalue weighted by Gasteiger charge is -2.34. The van der Waals surface area contributed by atoms with E-state index in [1.807, 2.05) is 39.0 Å². The minimum absolute atomic E-state index is 0.154. The molecular formula is C22H26ClN3O3. The first-order chi connectivity index (χ1) is 13.6. The summed E-state index contributed by atoms with van der Waals surface area (Å²) in [6, 6.07) is 12.5. The van der Waals surface area contributed by atoms with E-state index in [4.69, 9.17) is 16.3 Å². The number of benzene rings is 1. The van der Waals surface area contributed by atoms with Gasteiger partial charge in [-0.05, 0) is 57.9 Å². The van der Waals surface area contributed by atoms with Crippen LogP contribution < -0.4 is 4.90 Å². The molecule has 1 aliphatic rings. The zero-order valence-electron chi connectivity index (χ0n) is 17.2. The summed E-state index contributed by atoms with van der Waals surface area (Å²) in [5.41, 5.74) is 0.151. The van der Waals surface area contributed by atoms with Gasteiger partial charge in [-0.25, -0.2) is 9.78 Å². The smallest absolute Gasteiger partial charge is 0.410 e. The van der Waals surface area contributed by atoms with Crippen molar-refractivity contribution in [1.29, 1.82) is 0 Å². The first-order valence-electron chi connectivity index (χ1n) is 9.57. The molecule has 0 atom stereocenters. The third-order valence-corrected chi connectivity index (χ3v) is 5.17. The fourth-order valence-electron chi connectivity index (χ4n) is 3.11. The molecule has 0 unspecified atom stereocenters. The second kappa shape index (κ2) is 8.03. The van der Waals surface area contributed by atoms with E-state index in [1.165, 1.54) is 0 Å². The molecule has 1 saturated carbocycles. The van der Waals surface area contributed by atoms with Gasteiger partial charge in [0.25, 0.3) is 5.91 Å². The number of pyridine rings is 1. The minimum Gasteiger partial charge on any atom is -0.444 e. The van der Waals surface area contributed by atoms with Crippen LogP contribution in [0.25, 0.3) is 0 Å². The number of amides is 2. The largest absolute Gasteiger partial charge is 0.444 e. The topological polar surface area (TPSA) is 62.7 Å². The Balaban J connectivity index is 1.88. The Labute approximate surface area is 176 Å². The van der Waals surface area contributed by atoms with Crippen molar-refractivity contribution >= 4 is 29.3 Å². The second-order valence-corrected chi connectivity index (χ2v) is 8.75. The number of anilines is 1. The van der Waals surface area contributed by atoms with Gasteiger partial charge in [0.05, 0.1) is 17.4 Å². The van der Waals surface area contributed by atoms with Gasteiger partial charge in [-0.1, -0.05) is 29.8 Å². The third kappa shape index (κ3) is 5.07. The van der Waals surface area contributed by atoms with Gasteiger partial charge in [0.1, 0.15) is 10.8 Å². The molecule has 0 spiro atoms. The molecule has 2 aromatic rings. The van der Waals surface area contributed by atoms with Crippen LogP contribution in [0.1, 0.15) is 44.0 Å². The zero-order valence-corrected chi connectivity index (χ0v) is 17.9. The van der Waals surface area contributed by atoms with Crippen LogP contribution in [0.3, 0.4) is 0 Å². The maximum atomic E-state index is 13.3. The van der Waals surface area contributed by atoms with Gasteiger partial charge >= 0.3 is 6.09 Å². The normalized spacial score (nSPS) is 14.8. The molecule has 0 bridgehead atoms. The average Bonchev–Trinajstić information content (AvgIpc) is 3.46. The number of halogens is 1. The Morgan fingerprint density at radius 1 is 1.14 bits per heavy atom. The third-order valence-electron chi connectivity index (χ3n) is 4.95. The van der Waals surface area contributed by atoms with Gasteiger partial charge in [-0.15, -0.1) is 0 Å². The van der Waals surface area contributed by atoms with Crippen molar-refractivity contribution < 1.29 is 14.3 Å². The molecule has 1 aromatic heterocycles. The van der Waals surface area contributed by atoms with Crippen LogP contribution in [0.5, 0.6) is 0 Å². The van der Waals surface area contributed by atoms with Gasteiger partial charge in [-0.2, -0.15) is 0 Å². The van der Waals surface area contributed by atoms with Crippen LogP contribution in [-0.2, 0) is 4.74 Å². The monoisotopic (exact) mass is 415 g/mol. The Morgan fingerprint density at radius 3 is 2.31 bits per heavy atom. The molecule has 0 saturated heterocycles. The van der Waals surface area contributed by atoms with E-state index in [0.29, 0.717) is 22.9 Å². The Morgan fingerprint density at radius 2 is 1.79 bits per heavy atom. The number of likely N-dealkylation sites (N-methyl/N-ethyl adjacent to an activating group) is 1. The van der Waals surface area contributed by atoms with Crippen LogP contribution in [-0.4, -0.2) is 46.6 Å². The molecule has 29 heavy (non-hydrogen) atoms. The summed E-state index contributed by atoms with van der Waals surface area (Å²) in [7, 11) is 1.73. The number of aromatic nitrogens is 1. The van der Waals surface area contributed by atoms with Crippen molar-refractivity contribution in [1.82, 2.24) is 9.88 Å². The van der Waals surface area contributed by atoms with Gasteiger partial charge in [0.2, 0.25) is 0 Å². The summed E-state index contributed by atoms with van der Waals surface area (Å²) in [5.74, 6) is -0.154. The highest BCUT2D eigenvalue weighted by atomic mass is 35.5. The zero-order chi connectivity index (χ0) is 21.2. The van der Waals surface area contributed by atoms with Crippen molar-refractivity contribution in [3.8, 4) is 0 Å². The number of hydrogen-bond acceptors (Lipinski definition) is 4. The van der Waals surface area contributed by atoms with Crippen molar-refractivity contribution in [2.24, 2.45) is 0 Å². The Bertz CT molecular complexity index is 874. The quantitative estimate of drug-likeness (QED) is 0.659. The molecule has 3 rings (SSSR count). The maximum absolute atomic E-state index is 13.3. The molecule has 0 N–H and O–H groups in total. The molecule has 6 nitrogen and oxygen atoms in total. The Hall–Kier alpha value is -2.60. The van der Waals surface area contributed by atoms with E-state index in [-0.39, 0.29) is 5.91 Å². The molecule has 7 heteroatoms. The summed E-state index contributed by atoms with van der Waals surface area (Å²) >= 11 is 5.93. The molecule has 2 amide bonds. The van der Waals surface area contributed by atoms with E-state index in [9.17, 15) is 9.59 Å². The summed E-state index contributed by atoms with van der Waals surface area (Å²) in [4.78, 5) is 33.3. The SMILES string of the molecule is CN(C(=O)OC(C)(C)C)C1(CN(C(=O)c2ccccc2)c2ccc(Cl)nc2)CC1. The van der Waals surface area contributed by atoms with Crippen molar-refractivity contribution in [2.75, 3.05) is 18.5 Å².